The molecule has 178 valence electrons. The highest BCUT2D eigenvalue weighted by Gasteiger charge is 2.61. The van der Waals surface area contributed by atoms with Gasteiger partial charge in [0.1, 0.15) is 0 Å². The predicted molar refractivity (Wildman–Crippen MR) is 127 cm³/mol. The summed E-state index contributed by atoms with van der Waals surface area (Å²) in [5.41, 5.74) is 3.23. The minimum atomic E-state index is -0.637. The standard InChI is InChI=1S/C26H33NO5S/c1-25-12-10-19-20(22(25)11-13-26(25,28)16-17-6-4-3-5-7-17)9-8-18-14-24(30-33-32-31-27)23(29-2)15-21(18)19/h3-7,14-15,19-20,22,28H,8-13,16,27H2,1-2H3/t19?,20?,22?,25-,26+/m0/s1. The second-order valence-electron chi connectivity index (χ2n) is 10.1. The highest BCUT2D eigenvalue weighted by molar-refractivity contribution is 7.90. The Labute approximate surface area is 200 Å². The van der Waals surface area contributed by atoms with Gasteiger partial charge in [-0.3, -0.25) is 0 Å². The van der Waals surface area contributed by atoms with Gasteiger partial charge in [-0.1, -0.05) is 37.3 Å². The van der Waals surface area contributed by atoms with Gasteiger partial charge in [0.25, 0.3) is 12.3 Å². The van der Waals surface area contributed by atoms with E-state index < -0.39 is 5.60 Å². The van der Waals surface area contributed by atoms with Crippen LogP contribution in [0.1, 0.15) is 61.6 Å². The largest absolute Gasteiger partial charge is 0.493 e. The zero-order valence-electron chi connectivity index (χ0n) is 19.3. The van der Waals surface area contributed by atoms with Crippen LogP contribution in [0.25, 0.3) is 0 Å². The van der Waals surface area contributed by atoms with Crippen molar-refractivity contribution in [3.63, 3.8) is 0 Å². The summed E-state index contributed by atoms with van der Waals surface area (Å²) in [4.78, 5) is 4.10. The maximum Gasteiger partial charge on any atom is 0.260 e. The fraction of sp³-hybridized carbons (Fsp3) is 0.538. The third kappa shape index (κ3) is 3.94. The van der Waals surface area contributed by atoms with Crippen molar-refractivity contribution in [1.29, 1.82) is 0 Å². The number of rotatable bonds is 7. The molecule has 33 heavy (non-hydrogen) atoms. The van der Waals surface area contributed by atoms with Crippen molar-refractivity contribution < 1.29 is 23.3 Å². The quantitative estimate of drug-likeness (QED) is 0.246. The first-order chi connectivity index (χ1) is 16.0. The highest BCUT2D eigenvalue weighted by atomic mass is 32.2. The lowest BCUT2D eigenvalue weighted by molar-refractivity contribution is -0.199. The fourth-order valence-electron chi connectivity index (χ4n) is 7.20. The zero-order valence-corrected chi connectivity index (χ0v) is 20.1. The molecule has 0 spiro atoms. The third-order valence-electron chi connectivity index (χ3n) is 8.86. The van der Waals surface area contributed by atoms with Crippen molar-refractivity contribution in [2.75, 3.05) is 7.11 Å². The van der Waals surface area contributed by atoms with Crippen molar-refractivity contribution in [2.45, 2.75) is 63.4 Å². The molecule has 0 radical (unpaired) electrons. The summed E-state index contributed by atoms with van der Waals surface area (Å²) < 4.78 is 15.8. The van der Waals surface area contributed by atoms with Gasteiger partial charge in [0.15, 0.2) is 11.5 Å². The average molecular weight is 472 g/mol. The molecule has 6 nitrogen and oxygen atoms in total. The van der Waals surface area contributed by atoms with Crippen LogP contribution >= 0.6 is 12.3 Å². The van der Waals surface area contributed by atoms with Crippen molar-refractivity contribution in [2.24, 2.45) is 23.1 Å². The molecule has 2 aromatic carbocycles. The van der Waals surface area contributed by atoms with Crippen LogP contribution in [-0.4, -0.2) is 17.8 Å². The van der Waals surface area contributed by atoms with Gasteiger partial charge in [0.2, 0.25) is 0 Å². The molecule has 0 amide bonds. The lowest BCUT2D eigenvalue weighted by Gasteiger charge is -2.53. The molecule has 0 aromatic heterocycles. The molecule has 2 saturated carbocycles. The molecule has 0 saturated heterocycles. The van der Waals surface area contributed by atoms with Gasteiger partial charge in [0.05, 0.1) is 12.7 Å². The summed E-state index contributed by atoms with van der Waals surface area (Å²) >= 11 is 0.667. The molecular formula is C26H33NO5S. The van der Waals surface area contributed by atoms with E-state index in [0.717, 1.165) is 44.9 Å². The van der Waals surface area contributed by atoms with Gasteiger partial charge < -0.3 is 14.0 Å². The van der Waals surface area contributed by atoms with Gasteiger partial charge in [-0.05, 0) is 90.5 Å². The maximum absolute atomic E-state index is 11.9. The summed E-state index contributed by atoms with van der Waals surface area (Å²) in [6, 6.07) is 14.7. The van der Waals surface area contributed by atoms with Crippen LogP contribution < -0.4 is 14.8 Å². The number of methoxy groups -OCH3 is 1. The van der Waals surface area contributed by atoms with Crippen molar-refractivity contribution >= 4 is 12.3 Å². The first-order valence-electron chi connectivity index (χ1n) is 11.8. The molecular weight excluding hydrogens is 438 g/mol. The molecule has 0 aliphatic heterocycles. The Balaban J connectivity index is 1.40. The molecule has 3 aliphatic carbocycles. The van der Waals surface area contributed by atoms with E-state index in [1.54, 1.807) is 7.11 Å². The molecule has 2 fully saturated rings. The summed E-state index contributed by atoms with van der Waals surface area (Å²) in [7, 11) is 1.65. The number of ether oxygens (including phenoxy) is 1. The zero-order chi connectivity index (χ0) is 23.1. The topological polar surface area (TPSA) is 83.2 Å². The Hall–Kier alpha value is -1.77. The molecule has 5 atom stereocenters. The SMILES string of the molecule is COc1cc2c(cc1OSOON)CCC1C2CC[C@@]2(C)C1CC[C@@]2(O)Cc1ccccc1. The number of fused-ring (bicyclic) bond motifs is 5. The van der Waals surface area contributed by atoms with E-state index in [1.165, 1.54) is 16.7 Å². The molecule has 0 heterocycles. The Morgan fingerprint density at radius 3 is 2.67 bits per heavy atom. The summed E-state index contributed by atoms with van der Waals surface area (Å²) in [5.74, 6) is 7.79. The van der Waals surface area contributed by atoms with E-state index in [9.17, 15) is 5.11 Å². The first-order valence-corrected chi connectivity index (χ1v) is 12.5. The van der Waals surface area contributed by atoms with Crippen molar-refractivity contribution in [3.8, 4) is 11.5 Å². The minimum Gasteiger partial charge on any atom is -0.493 e. The monoisotopic (exact) mass is 471 g/mol. The fourth-order valence-corrected chi connectivity index (χ4v) is 7.47. The predicted octanol–water partition coefficient (Wildman–Crippen LogP) is 5.29. The van der Waals surface area contributed by atoms with E-state index in [4.69, 9.17) is 14.8 Å². The van der Waals surface area contributed by atoms with E-state index in [0.29, 0.717) is 41.6 Å². The molecule has 3 N–H and O–H groups in total. The van der Waals surface area contributed by atoms with Gasteiger partial charge in [-0.2, -0.15) is 5.90 Å². The normalized spacial score (nSPS) is 32.5. The number of benzene rings is 2. The van der Waals surface area contributed by atoms with Gasteiger partial charge >= 0.3 is 0 Å². The van der Waals surface area contributed by atoms with Crippen LogP contribution in [0.5, 0.6) is 11.5 Å². The van der Waals surface area contributed by atoms with E-state index in [-0.39, 0.29) is 5.41 Å². The Kier molecular flexibility index (Phi) is 6.35. The van der Waals surface area contributed by atoms with Gasteiger partial charge in [-0.15, -0.1) is 9.32 Å². The molecule has 3 unspecified atom stereocenters. The lowest BCUT2D eigenvalue weighted by atomic mass is 9.52. The summed E-state index contributed by atoms with van der Waals surface area (Å²) in [6.07, 6.45) is 7.00. The van der Waals surface area contributed by atoms with Crippen LogP contribution in [0, 0.1) is 17.3 Å². The third-order valence-corrected chi connectivity index (χ3v) is 9.24. The Morgan fingerprint density at radius 2 is 1.91 bits per heavy atom. The summed E-state index contributed by atoms with van der Waals surface area (Å²) in [6.45, 7) is 2.35. The van der Waals surface area contributed by atoms with Crippen LogP contribution in [-0.2, 0) is 22.2 Å². The van der Waals surface area contributed by atoms with Crippen LogP contribution in [0.3, 0.4) is 0 Å². The molecule has 5 rings (SSSR count). The van der Waals surface area contributed by atoms with Gasteiger partial charge in [-0.25, -0.2) is 0 Å². The molecule has 7 heteroatoms. The second kappa shape index (κ2) is 9.12. The van der Waals surface area contributed by atoms with Crippen molar-refractivity contribution in [3.05, 3.63) is 59.2 Å². The lowest BCUT2D eigenvalue weighted by Crippen LogP contribution is -2.51. The summed E-state index contributed by atoms with van der Waals surface area (Å²) in [5, 5.41) is 11.9. The Morgan fingerprint density at radius 1 is 1.09 bits per heavy atom. The minimum absolute atomic E-state index is 0.0507. The number of nitrogens with two attached hydrogens (primary N) is 1. The number of hydrogen-bond acceptors (Lipinski definition) is 7. The number of hydrogen-bond donors (Lipinski definition) is 2. The number of aliphatic hydroxyl groups is 1. The average Bonchev–Trinajstić information content (AvgIpc) is 3.09. The van der Waals surface area contributed by atoms with Crippen LogP contribution in [0.2, 0.25) is 0 Å². The Bertz CT molecular complexity index is 988. The number of aryl methyl sites for hydroxylation is 1. The highest BCUT2D eigenvalue weighted by Crippen LogP contribution is 2.65. The van der Waals surface area contributed by atoms with E-state index >= 15 is 0 Å². The molecule has 3 aliphatic rings. The van der Waals surface area contributed by atoms with Crippen LogP contribution in [0.15, 0.2) is 42.5 Å². The van der Waals surface area contributed by atoms with E-state index in [1.807, 2.05) is 6.07 Å². The smallest absolute Gasteiger partial charge is 0.260 e. The molecule has 2 aromatic rings. The molecule has 0 bridgehead atoms. The van der Waals surface area contributed by atoms with Gasteiger partial charge in [0, 0.05) is 6.42 Å². The van der Waals surface area contributed by atoms with E-state index in [2.05, 4.69) is 52.6 Å². The maximum atomic E-state index is 11.9. The second-order valence-corrected chi connectivity index (χ2v) is 10.6. The van der Waals surface area contributed by atoms with Crippen molar-refractivity contribution in [1.82, 2.24) is 0 Å². The first kappa shape index (κ1) is 23.0. The van der Waals surface area contributed by atoms with Crippen LogP contribution in [0.4, 0.5) is 0 Å².